The number of hydrogen-bond donors (Lipinski definition) is 1. The fourth-order valence-corrected chi connectivity index (χ4v) is 1.66. The van der Waals surface area contributed by atoms with Crippen molar-refractivity contribution in [3.05, 3.63) is 65.2 Å². The molecular formula is C16H16N2O2. The second-order valence-corrected chi connectivity index (χ2v) is 4.34. The van der Waals surface area contributed by atoms with Gasteiger partial charge in [-0.15, -0.1) is 0 Å². The zero-order valence-corrected chi connectivity index (χ0v) is 11.5. The van der Waals surface area contributed by atoms with Crippen LogP contribution in [0.3, 0.4) is 0 Å². The maximum absolute atomic E-state index is 11.8. The van der Waals surface area contributed by atoms with Gasteiger partial charge in [-0.05, 0) is 36.8 Å². The van der Waals surface area contributed by atoms with E-state index in [0.717, 1.165) is 16.9 Å². The zero-order valence-electron chi connectivity index (χ0n) is 11.5. The number of amides is 1. The summed E-state index contributed by atoms with van der Waals surface area (Å²) in [5.74, 6) is 0.517. The molecule has 2 aromatic carbocycles. The Labute approximate surface area is 118 Å². The lowest BCUT2D eigenvalue weighted by atomic mass is 10.1. The Kier molecular flexibility index (Phi) is 4.50. The number of hydrogen-bond acceptors (Lipinski definition) is 3. The molecule has 102 valence electrons. The van der Waals surface area contributed by atoms with Crippen molar-refractivity contribution < 1.29 is 9.53 Å². The summed E-state index contributed by atoms with van der Waals surface area (Å²) in [7, 11) is 1.61. The van der Waals surface area contributed by atoms with E-state index >= 15 is 0 Å². The minimum absolute atomic E-state index is 0.232. The average Bonchev–Trinajstić information content (AvgIpc) is 2.48. The summed E-state index contributed by atoms with van der Waals surface area (Å²) in [6, 6.07) is 14.7. The fraction of sp³-hybridized carbons (Fsp3) is 0.125. The van der Waals surface area contributed by atoms with Crippen molar-refractivity contribution >= 4 is 12.1 Å². The number of hydrazone groups is 1. The lowest BCUT2D eigenvalue weighted by Gasteiger charge is -2.01. The zero-order chi connectivity index (χ0) is 14.4. The molecule has 1 amide bonds. The fourth-order valence-electron chi connectivity index (χ4n) is 1.66. The maximum Gasteiger partial charge on any atom is 0.271 e. The summed E-state index contributed by atoms with van der Waals surface area (Å²) >= 11 is 0. The van der Waals surface area contributed by atoms with E-state index in [9.17, 15) is 4.79 Å². The van der Waals surface area contributed by atoms with Crippen LogP contribution in [0.1, 0.15) is 21.5 Å². The molecule has 0 bridgehead atoms. The van der Waals surface area contributed by atoms with Gasteiger partial charge in [-0.25, -0.2) is 5.43 Å². The molecule has 0 saturated carbocycles. The second kappa shape index (κ2) is 6.52. The minimum atomic E-state index is -0.232. The third-order valence-electron chi connectivity index (χ3n) is 2.79. The van der Waals surface area contributed by atoms with E-state index < -0.39 is 0 Å². The van der Waals surface area contributed by atoms with Gasteiger partial charge in [0.05, 0.1) is 13.3 Å². The number of carbonyl (C=O) groups is 1. The predicted molar refractivity (Wildman–Crippen MR) is 79.2 cm³/mol. The maximum atomic E-state index is 11.8. The normalized spacial score (nSPS) is 10.5. The van der Waals surface area contributed by atoms with E-state index in [0.29, 0.717) is 5.56 Å². The van der Waals surface area contributed by atoms with Gasteiger partial charge in [-0.2, -0.15) is 5.10 Å². The van der Waals surface area contributed by atoms with Crippen molar-refractivity contribution in [3.8, 4) is 5.75 Å². The molecule has 1 N–H and O–H groups in total. The number of ether oxygens (including phenoxy) is 1. The highest BCUT2D eigenvalue weighted by Crippen LogP contribution is 2.10. The molecule has 0 aromatic heterocycles. The van der Waals surface area contributed by atoms with E-state index in [4.69, 9.17) is 4.74 Å². The van der Waals surface area contributed by atoms with Crippen LogP contribution in [0.25, 0.3) is 0 Å². The molecule has 0 atom stereocenters. The number of aryl methyl sites for hydroxylation is 1. The highest BCUT2D eigenvalue weighted by atomic mass is 16.5. The summed E-state index contributed by atoms with van der Waals surface area (Å²) in [6.45, 7) is 1.97. The molecule has 4 heteroatoms. The Morgan fingerprint density at radius 2 is 1.95 bits per heavy atom. The Morgan fingerprint density at radius 1 is 1.20 bits per heavy atom. The number of benzene rings is 2. The third kappa shape index (κ3) is 3.68. The van der Waals surface area contributed by atoms with Crippen molar-refractivity contribution in [2.75, 3.05) is 7.11 Å². The van der Waals surface area contributed by atoms with Crippen LogP contribution < -0.4 is 10.2 Å². The lowest BCUT2D eigenvalue weighted by Crippen LogP contribution is -2.17. The smallest absolute Gasteiger partial charge is 0.271 e. The Morgan fingerprint density at radius 3 is 2.65 bits per heavy atom. The summed E-state index contributed by atoms with van der Waals surface area (Å²) in [6.07, 6.45) is 1.58. The van der Waals surface area contributed by atoms with Gasteiger partial charge in [0, 0.05) is 5.56 Å². The van der Waals surface area contributed by atoms with Gasteiger partial charge in [-0.3, -0.25) is 4.79 Å². The molecule has 0 fully saturated rings. The quantitative estimate of drug-likeness (QED) is 0.684. The third-order valence-corrected chi connectivity index (χ3v) is 2.79. The number of nitrogens with one attached hydrogen (secondary N) is 1. The molecule has 0 spiro atoms. The van der Waals surface area contributed by atoms with Crippen molar-refractivity contribution in [1.82, 2.24) is 5.43 Å². The topological polar surface area (TPSA) is 50.7 Å². The predicted octanol–water partition coefficient (Wildman–Crippen LogP) is 2.77. The van der Waals surface area contributed by atoms with Gasteiger partial charge in [0.25, 0.3) is 5.91 Å². The SMILES string of the molecule is COc1cccc(/C=N/NC(=O)c2ccc(C)cc2)c1. The molecule has 2 aromatic rings. The van der Waals surface area contributed by atoms with Crippen LogP contribution in [0.15, 0.2) is 53.6 Å². The van der Waals surface area contributed by atoms with Crippen LogP contribution in [-0.2, 0) is 0 Å². The second-order valence-electron chi connectivity index (χ2n) is 4.34. The van der Waals surface area contributed by atoms with Crippen LogP contribution in [-0.4, -0.2) is 19.2 Å². The molecule has 0 unspecified atom stereocenters. The molecule has 2 rings (SSSR count). The van der Waals surface area contributed by atoms with Crippen molar-refractivity contribution in [2.24, 2.45) is 5.10 Å². The lowest BCUT2D eigenvalue weighted by molar-refractivity contribution is 0.0955. The monoisotopic (exact) mass is 268 g/mol. The van der Waals surface area contributed by atoms with Crippen LogP contribution in [0.5, 0.6) is 5.75 Å². The van der Waals surface area contributed by atoms with E-state index in [1.165, 1.54) is 0 Å². The molecule has 0 saturated heterocycles. The number of nitrogens with zero attached hydrogens (tertiary/aromatic N) is 1. The van der Waals surface area contributed by atoms with Gasteiger partial charge >= 0.3 is 0 Å². The molecule has 0 heterocycles. The molecule has 0 radical (unpaired) electrons. The minimum Gasteiger partial charge on any atom is -0.497 e. The molecule has 0 aliphatic carbocycles. The Balaban J connectivity index is 1.98. The standard InChI is InChI=1S/C16H16N2O2/c1-12-6-8-14(9-7-12)16(19)18-17-11-13-4-3-5-15(10-13)20-2/h3-11H,1-2H3,(H,18,19)/b17-11+. The Bertz CT molecular complexity index is 619. The van der Waals surface area contributed by atoms with Crippen LogP contribution in [0, 0.1) is 6.92 Å². The van der Waals surface area contributed by atoms with E-state index in [-0.39, 0.29) is 5.91 Å². The molecule has 0 aliphatic heterocycles. The number of methoxy groups -OCH3 is 1. The van der Waals surface area contributed by atoms with Crippen molar-refractivity contribution in [2.45, 2.75) is 6.92 Å². The van der Waals surface area contributed by atoms with Crippen LogP contribution in [0.2, 0.25) is 0 Å². The summed E-state index contributed by atoms with van der Waals surface area (Å²) in [5, 5.41) is 3.94. The highest BCUT2D eigenvalue weighted by molar-refractivity contribution is 5.94. The average molecular weight is 268 g/mol. The van der Waals surface area contributed by atoms with Gasteiger partial charge in [-0.1, -0.05) is 29.8 Å². The number of carbonyl (C=O) groups excluding carboxylic acids is 1. The first-order valence-electron chi connectivity index (χ1n) is 6.23. The molecular weight excluding hydrogens is 252 g/mol. The molecule has 4 nitrogen and oxygen atoms in total. The van der Waals surface area contributed by atoms with E-state index in [1.54, 1.807) is 25.5 Å². The molecule has 0 aliphatic rings. The Hall–Kier alpha value is -2.62. The highest BCUT2D eigenvalue weighted by Gasteiger charge is 2.02. The number of rotatable bonds is 4. The first-order chi connectivity index (χ1) is 9.69. The summed E-state index contributed by atoms with van der Waals surface area (Å²) < 4.78 is 5.11. The first-order valence-corrected chi connectivity index (χ1v) is 6.23. The molecule has 20 heavy (non-hydrogen) atoms. The van der Waals surface area contributed by atoms with Crippen LogP contribution >= 0.6 is 0 Å². The first kappa shape index (κ1) is 13.8. The van der Waals surface area contributed by atoms with Crippen molar-refractivity contribution in [3.63, 3.8) is 0 Å². The van der Waals surface area contributed by atoms with E-state index in [2.05, 4.69) is 10.5 Å². The van der Waals surface area contributed by atoms with Crippen molar-refractivity contribution in [1.29, 1.82) is 0 Å². The van der Waals surface area contributed by atoms with E-state index in [1.807, 2.05) is 43.3 Å². The summed E-state index contributed by atoms with van der Waals surface area (Å²) in [4.78, 5) is 11.8. The van der Waals surface area contributed by atoms with Gasteiger partial charge in [0.1, 0.15) is 5.75 Å². The summed E-state index contributed by atoms with van der Waals surface area (Å²) in [5.41, 5.74) is 5.04. The van der Waals surface area contributed by atoms with Gasteiger partial charge in [0.2, 0.25) is 0 Å². The van der Waals surface area contributed by atoms with Crippen LogP contribution in [0.4, 0.5) is 0 Å². The van der Waals surface area contributed by atoms with Gasteiger partial charge in [0.15, 0.2) is 0 Å². The largest absolute Gasteiger partial charge is 0.497 e. The van der Waals surface area contributed by atoms with Gasteiger partial charge < -0.3 is 4.74 Å².